The first-order chi connectivity index (χ1) is 10.3. The first-order valence-corrected chi connectivity index (χ1v) is 6.52. The topological polar surface area (TPSA) is 76.9 Å². The molecule has 0 aliphatic carbocycles. The number of fused-ring (bicyclic) bond motifs is 1. The number of aryl methyl sites for hydroxylation is 1. The molecule has 0 unspecified atom stereocenters. The van der Waals surface area contributed by atoms with Crippen molar-refractivity contribution in [3.8, 4) is 6.07 Å². The highest BCUT2D eigenvalue weighted by Crippen LogP contribution is 2.16. The van der Waals surface area contributed by atoms with E-state index in [0.717, 1.165) is 22.3 Å². The highest BCUT2D eigenvalue weighted by molar-refractivity contribution is 6.10. The number of imidazole rings is 1. The highest BCUT2D eigenvalue weighted by atomic mass is 15.3. The zero-order valence-corrected chi connectivity index (χ0v) is 11.5. The summed E-state index contributed by atoms with van der Waals surface area (Å²) in [6.45, 7) is 1.98. The van der Waals surface area contributed by atoms with Crippen LogP contribution in [0.3, 0.4) is 0 Å². The minimum atomic E-state index is 0.217. The molecule has 0 radical (unpaired) electrons. The number of nitrogens with one attached hydrogen (secondary N) is 2. The van der Waals surface area contributed by atoms with Crippen LogP contribution in [0.1, 0.15) is 11.4 Å². The van der Waals surface area contributed by atoms with Crippen LogP contribution in [0.15, 0.2) is 53.6 Å². The Morgan fingerprint density at radius 1 is 1.19 bits per heavy atom. The zero-order valence-electron chi connectivity index (χ0n) is 11.5. The second-order valence-electron chi connectivity index (χ2n) is 4.61. The first-order valence-electron chi connectivity index (χ1n) is 6.52. The second-order valence-corrected chi connectivity index (χ2v) is 4.61. The molecule has 0 atom stereocenters. The molecular formula is C16H13N5. The fraction of sp³-hybridized carbons (Fsp3) is 0.0625. The van der Waals surface area contributed by atoms with Gasteiger partial charge < -0.3 is 4.98 Å². The maximum Gasteiger partial charge on any atom is 0.203 e. The van der Waals surface area contributed by atoms with Crippen molar-refractivity contribution < 1.29 is 0 Å². The number of H-pyrrole nitrogens is 1. The van der Waals surface area contributed by atoms with Crippen molar-refractivity contribution in [3.05, 3.63) is 59.9 Å². The summed E-state index contributed by atoms with van der Waals surface area (Å²) in [7, 11) is 0. The Hall–Kier alpha value is -3.13. The lowest BCUT2D eigenvalue weighted by Gasteiger charge is -1.99. The molecule has 102 valence electrons. The van der Waals surface area contributed by atoms with Gasteiger partial charge in [-0.05, 0) is 30.7 Å². The van der Waals surface area contributed by atoms with Gasteiger partial charge in [-0.25, -0.2) is 4.98 Å². The van der Waals surface area contributed by atoms with E-state index in [2.05, 4.69) is 26.6 Å². The average Bonchev–Trinajstić information content (AvgIpc) is 2.94. The average molecular weight is 275 g/mol. The number of para-hydroxylation sites is 2. The molecule has 5 nitrogen and oxygen atoms in total. The number of nitriles is 1. The van der Waals surface area contributed by atoms with Crippen LogP contribution in [-0.2, 0) is 0 Å². The number of aromatic nitrogens is 2. The van der Waals surface area contributed by atoms with Crippen LogP contribution in [0.5, 0.6) is 0 Å². The number of rotatable bonds is 3. The smallest absolute Gasteiger partial charge is 0.203 e. The number of hydrazone groups is 1. The molecule has 1 heterocycles. The quantitative estimate of drug-likeness (QED) is 0.569. The Kier molecular flexibility index (Phi) is 3.36. The summed E-state index contributed by atoms with van der Waals surface area (Å²) in [5.41, 5.74) is 6.70. The second kappa shape index (κ2) is 5.47. The van der Waals surface area contributed by atoms with Crippen LogP contribution in [-0.4, -0.2) is 15.7 Å². The fourth-order valence-corrected chi connectivity index (χ4v) is 2.05. The monoisotopic (exact) mass is 275 g/mol. The van der Waals surface area contributed by atoms with E-state index < -0.39 is 0 Å². The van der Waals surface area contributed by atoms with Gasteiger partial charge >= 0.3 is 0 Å². The number of nitrogens with zero attached hydrogens (tertiary/aromatic N) is 3. The predicted molar refractivity (Wildman–Crippen MR) is 83.0 cm³/mol. The van der Waals surface area contributed by atoms with E-state index in [1.165, 1.54) is 0 Å². The molecule has 0 saturated heterocycles. The predicted octanol–water partition coefficient (Wildman–Crippen LogP) is 3.21. The van der Waals surface area contributed by atoms with E-state index in [-0.39, 0.29) is 5.71 Å². The summed E-state index contributed by atoms with van der Waals surface area (Å²) in [4.78, 5) is 7.57. The van der Waals surface area contributed by atoms with Crippen LogP contribution in [0.4, 0.5) is 5.69 Å². The largest absolute Gasteiger partial charge is 0.336 e. The molecule has 2 N–H and O–H groups in total. The maximum atomic E-state index is 9.27. The summed E-state index contributed by atoms with van der Waals surface area (Å²) in [5.74, 6) is 0.463. The Morgan fingerprint density at radius 3 is 2.71 bits per heavy atom. The Labute approximate surface area is 122 Å². The number of hydrogen-bond donors (Lipinski definition) is 2. The third-order valence-electron chi connectivity index (χ3n) is 3.12. The minimum absolute atomic E-state index is 0.217. The van der Waals surface area contributed by atoms with E-state index in [1.54, 1.807) is 0 Å². The van der Waals surface area contributed by atoms with E-state index in [0.29, 0.717) is 5.82 Å². The molecule has 0 fully saturated rings. The standard InChI is InChI=1S/C16H13N5/c1-11-6-5-9-13-15(11)19-16(18-13)14(10-17)21-20-12-7-3-2-4-8-12/h2-9,20H,1H3,(H,18,19)/b21-14-. The number of aromatic amines is 1. The van der Waals surface area contributed by atoms with E-state index in [4.69, 9.17) is 0 Å². The van der Waals surface area contributed by atoms with Crippen molar-refractivity contribution in [3.63, 3.8) is 0 Å². The van der Waals surface area contributed by atoms with Crippen molar-refractivity contribution in [2.45, 2.75) is 6.92 Å². The molecule has 5 heteroatoms. The maximum absolute atomic E-state index is 9.27. The van der Waals surface area contributed by atoms with Crippen molar-refractivity contribution in [2.75, 3.05) is 5.43 Å². The molecule has 3 aromatic rings. The van der Waals surface area contributed by atoms with Gasteiger partial charge in [0.05, 0.1) is 16.7 Å². The fourth-order valence-electron chi connectivity index (χ4n) is 2.05. The molecule has 3 rings (SSSR count). The summed E-state index contributed by atoms with van der Waals surface area (Å²) in [5, 5.41) is 13.4. The summed E-state index contributed by atoms with van der Waals surface area (Å²) in [6.07, 6.45) is 0. The van der Waals surface area contributed by atoms with Gasteiger partial charge in [-0.2, -0.15) is 10.4 Å². The summed E-state index contributed by atoms with van der Waals surface area (Å²) in [6, 6.07) is 17.4. The van der Waals surface area contributed by atoms with E-state index >= 15 is 0 Å². The van der Waals surface area contributed by atoms with Gasteiger partial charge in [0.25, 0.3) is 0 Å². The Bertz CT molecular complexity index is 840. The first kappa shape index (κ1) is 12.9. The molecule has 0 bridgehead atoms. The van der Waals surface area contributed by atoms with Crippen molar-refractivity contribution in [1.29, 1.82) is 5.26 Å². The normalized spacial score (nSPS) is 11.3. The van der Waals surface area contributed by atoms with Crippen LogP contribution in [0.25, 0.3) is 11.0 Å². The molecular weight excluding hydrogens is 262 g/mol. The van der Waals surface area contributed by atoms with Crippen LogP contribution in [0.2, 0.25) is 0 Å². The Balaban J connectivity index is 1.95. The lowest BCUT2D eigenvalue weighted by atomic mass is 10.2. The molecule has 2 aromatic carbocycles. The molecule has 0 aliphatic rings. The van der Waals surface area contributed by atoms with Gasteiger partial charge in [0.2, 0.25) is 5.71 Å². The minimum Gasteiger partial charge on any atom is -0.336 e. The van der Waals surface area contributed by atoms with Crippen LogP contribution >= 0.6 is 0 Å². The number of hydrogen-bond acceptors (Lipinski definition) is 4. The molecule has 1 aromatic heterocycles. The molecule has 21 heavy (non-hydrogen) atoms. The van der Waals surface area contributed by atoms with Gasteiger partial charge in [-0.1, -0.05) is 30.3 Å². The van der Waals surface area contributed by atoms with Gasteiger partial charge in [0.15, 0.2) is 5.82 Å². The molecule has 0 saturated carbocycles. The summed E-state index contributed by atoms with van der Waals surface area (Å²) < 4.78 is 0. The Morgan fingerprint density at radius 2 is 2.00 bits per heavy atom. The van der Waals surface area contributed by atoms with Gasteiger partial charge in [-0.15, -0.1) is 0 Å². The van der Waals surface area contributed by atoms with Crippen molar-refractivity contribution in [2.24, 2.45) is 5.10 Å². The third-order valence-corrected chi connectivity index (χ3v) is 3.12. The molecule has 0 aliphatic heterocycles. The zero-order chi connectivity index (χ0) is 14.7. The third kappa shape index (κ3) is 2.60. The van der Waals surface area contributed by atoms with Gasteiger partial charge in [-0.3, -0.25) is 5.43 Å². The lowest BCUT2D eigenvalue weighted by Crippen LogP contribution is -2.03. The number of anilines is 1. The molecule has 0 spiro atoms. The van der Waals surface area contributed by atoms with Crippen LogP contribution < -0.4 is 5.43 Å². The van der Waals surface area contributed by atoms with Crippen LogP contribution in [0, 0.1) is 18.3 Å². The SMILES string of the molecule is Cc1cccc2[nH]c(/C(C#N)=N\Nc3ccccc3)nc12. The lowest BCUT2D eigenvalue weighted by molar-refractivity contribution is 1.25. The molecule has 0 amide bonds. The van der Waals surface area contributed by atoms with Gasteiger partial charge in [0, 0.05) is 0 Å². The van der Waals surface area contributed by atoms with Gasteiger partial charge in [0.1, 0.15) is 6.07 Å². The van der Waals surface area contributed by atoms with Crippen molar-refractivity contribution >= 4 is 22.4 Å². The summed E-state index contributed by atoms with van der Waals surface area (Å²) >= 11 is 0. The number of benzene rings is 2. The van der Waals surface area contributed by atoms with Crippen molar-refractivity contribution in [1.82, 2.24) is 9.97 Å². The van der Waals surface area contributed by atoms with E-state index in [9.17, 15) is 5.26 Å². The highest BCUT2D eigenvalue weighted by Gasteiger charge is 2.10. The van der Waals surface area contributed by atoms with E-state index in [1.807, 2.05) is 55.5 Å².